The quantitative estimate of drug-likeness (QED) is 0.0871. The highest BCUT2D eigenvalue weighted by Crippen LogP contribution is 2.36. The Hall–Kier alpha value is -3.87. The van der Waals surface area contributed by atoms with E-state index < -0.39 is 0 Å². The SMILES string of the molecule is C=C1CCC(C)C1.C=C1CC[C@H](C2OCCN2C(=O)OCCSSc2ccccn2)C1.C=C1CC[C@H](C=O)C1.C=C1CN[C@H](C2OCCN2C(=O)OCCSSc2ccccn2)C1.O=C=O. The molecule has 0 spiro atoms. The van der Waals surface area contributed by atoms with E-state index in [1.165, 1.54) is 36.0 Å². The van der Waals surface area contributed by atoms with E-state index in [4.69, 9.17) is 28.5 Å². The molecule has 3 aliphatic carbocycles. The third-order valence-electron chi connectivity index (χ3n) is 11.2. The Labute approximate surface area is 406 Å². The second-order valence-corrected chi connectivity index (χ2v) is 21.4. The summed E-state index contributed by atoms with van der Waals surface area (Å²) in [5, 5.41) is 5.25. The van der Waals surface area contributed by atoms with Crippen molar-refractivity contribution in [3.63, 3.8) is 0 Å². The number of aldehydes is 1. The first-order valence-corrected chi connectivity index (χ1v) is 27.0. The van der Waals surface area contributed by atoms with E-state index >= 15 is 0 Å². The van der Waals surface area contributed by atoms with Crippen molar-refractivity contribution >= 4 is 67.8 Å². The van der Waals surface area contributed by atoms with Crippen LogP contribution in [0.25, 0.3) is 0 Å². The van der Waals surface area contributed by atoms with Gasteiger partial charge < -0.3 is 29.1 Å². The first-order chi connectivity index (χ1) is 32.0. The molecule has 2 aromatic rings. The number of nitrogens with zero attached hydrogens (tertiary/aromatic N) is 4. The zero-order valence-electron chi connectivity index (χ0n) is 38.0. The molecular formula is C48H65N5O9S4. The second-order valence-electron chi connectivity index (χ2n) is 16.5. The van der Waals surface area contributed by atoms with Crippen LogP contribution in [0.15, 0.2) is 107 Å². The lowest BCUT2D eigenvalue weighted by atomic mass is 10.1. The van der Waals surface area contributed by atoms with Crippen LogP contribution < -0.4 is 5.32 Å². The minimum absolute atomic E-state index is 0.113. The lowest BCUT2D eigenvalue weighted by Crippen LogP contribution is -2.47. The molecule has 0 bridgehead atoms. The highest BCUT2D eigenvalue weighted by Gasteiger charge is 2.40. The van der Waals surface area contributed by atoms with E-state index in [9.17, 15) is 14.4 Å². The predicted molar refractivity (Wildman–Crippen MR) is 262 cm³/mol. The number of allylic oxidation sites excluding steroid dienone is 3. The Bertz CT molecular complexity index is 1790. The topological polar surface area (TPSA) is 167 Å². The van der Waals surface area contributed by atoms with Gasteiger partial charge >= 0.3 is 18.3 Å². The monoisotopic (exact) mass is 983 g/mol. The number of rotatable bonds is 13. The van der Waals surface area contributed by atoms with E-state index in [0.29, 0.717) is 57.1 Å². The highest BCUT2D eigenvalue weighted by atomic mass is 33.1. The molecule has 66 heavy (non-hydrogen) atoms. The summed E-state index contributed by atoms with van der Waals surface area (Å²) in [7, 11) is 6.43. The van der Waals surface area contributed by atoms with Gasteiger partial charge in [0.2, 0.25) is 0 Å². The molecule has 6 aliphatic rings. The van der Waals surface area contributed by atoms with Crippen molar-refractivity contribution in [1.82, 2.24) is 25.1 Å². The summed E-state index contributed by atoms with van der Waals surface area (Å²) in [5.41, 5.74) is 5.09. The number of aromatic nitrogens is 2. The summed E-state index contributed by atoms with van der Waals surface area (Å²) in [6.07, 6.45) is 14.7. The van der Waals surface area contributed by atoms with Gasteiger partial charge in [-0.15, -0.1) is 0 Å². The number of hydrogen-bond donors (Lipinski definition) is 1. The van der Waals surface area contributed by atoms with Crippen LogP contribution in [0.3, 0.4) is 0 Å². The van der Waals surface area contributed by atoms with E-state index in [0.717, 1.165) is 85.1 Å². The van der Waals surface area contributed by atoms with Gasteiger partial charge in [-0.25, -0.2) is 19.6 Å². The van der Waals surface area contributed by atoms with Crippen LogP contribution in [-0.4, -0.2) is 120 Å². The van der Waals surface area contributed by atoms with Gasteiger partial charge in [0.1, 0.15) is 35.8 Å². The molecule has 2 amide bonds. The Morgan fingerprint density at radius 2 is 1.29 bits per heavy atom. The van der Waals surface area contributed by atoms with Crippen molar-refractivity contribution in [2.24, 2.45) is 17.8 Å². The number of hydrogen-bond acceptors (Lipinski definition) is 16. The van der Waals surface area contributed by atoms with Gasteiger partial charge in [0.25, 0.3) is 0 Å². The maximum atomic E-state index is 12.3. The summed E-state index contributed by atoms with van der Waals surface area (Å²) in [4.78, 5) is 62.8. The lowest BCUT2D eigenvalue weighted by molar-refractivity contribution is -0.191. The van der Waals surface area contributed by atoms with Crippen molar-refractivity contribution in [3.05, 3.63) is 97.4 Å². The fourth-order valence-corrected chi connectivity index (χ4v) is 11.4. The minimum atomic E-state index is -0.305. The maximum absolute atomic E-state index is 12.3. The first kappa shape index (κ1) is 54.7. The summed E-state index contributed by atoms with van der Waals surface area (Å²) >= 11 is 0. The molecule has 3 saturated carbocycles. The number of carbonyl (C=O) groups is 3. The minimum Gasteiger partial charge on any atom is -0.448 e. The Balaban J connectivity index is 0.000000211. The van der Waals surface area contributed by atoms with Crippen LogP contribution in [-0.2, 0) is 33.3 Å². The van der Waals surface area contributed by atoms with E-state index in [1.54, 1.807) is 65.4 Å². The van der Waals surface area contributed by atoms with E-state index in [2.05, 4.69) is 48.5 Å². The molecular weight excluding hydrogens is 919 g/mol. The maximum Gasteiger partial charge on any atom is 0.411 e. The fourth-order valence-electron chi connectivity index (χ4n) is 7.95. The van der Waals surface area contributed by atoms with Gasteiger partial charge in [-0.2, -0.15) is 9.59 Å². The molecule has 8 rings (SSSR count). The van der Waals surface area contributed by atoms with Gasteiger partial charge in [-0.1, -0.05) is 89.3 Å². The van der Waals surface area contributed by atoms with Crippen molar-refractivity contribution in [1.29, 1.82) is 0 Å². The smallest absolute Gasteiger partial charge is 0.411 e. The Morgan fingerprint density at radius 1 is 0.758 bits per heavy atom. The lowest BCUT2D eigenvalue weighted by Gasteiger charge is -2.27. The van der Waals surface area contributed by atoms with Crippen LogP contribution in [0.4, 0.5) is 9.59 Å². The van der Waals surface area contributed by atoms with Gasteiger partial charge in [0, 0.05) is 42.3 Å². The molecule has 0 radical (unpaired) electrons. The molecule has 1 N–H and O–H groups in total. The van der Waals surface area contributed by atoms with Crippen molar-refractivity contribution < 1.29 is 42.9 Å². The van der Waals surface area contributed by atoms with Crippen LogP contribution in [0.5, 0.6) is 0 Å². The molecule has 6 atom stereocenters. The molecule has 360 valence electrons. The van der Waals surface area contributed by atoms with Crippen molar-refractivity contribution in [2.75, 3.05) is 57.6 Å². The van der Waals surface area contributed by atoms with Crippen molar-refractivity contribution in [2.45, 2.75) is 99.7 Å². The zero-order valence-corrected chi connectivity index (χ0v) is 41.3. The molecule has 0 aromatic carbocycles. The number of carbonyl (C=O) groups excluding carboxylic acids is 5. The average molecular weight is 984 g/mol. The van der Waals surface area contributed by atoms with Gasteiger partial charge in [0.05, 0.1) is 32.3 Å². The van der Waals surface area contributed by atoms with Crippen LogP contribution in [0.1, 0.15) is 71.1 Å². The second kappa shape index (κ2) is 31.2. The summed E-state index contributed by atoms with van der Waals surface area (Å²) in [6, 6.07) is 11.7. The normalized spacial score (nSPS) is 24.1. The van der Waals surface area contributed by atoms with Crippen LogP contribution in [0.2, 0.25) is 0 Å². The fraction of sp³-hybridized carbons (Fsp3) is 0.542. The van der Waals surface area contributed by atoms with Crippen LogP contribution in [0, 0.1) is 17.8 Å². The largest absolute Gasteiger partial charge is 0.448 e. The number of amides is 2. The molecule has 3 saturated heterocycles. The third kappa shape index (κ3) is 20.2. The summed E-state index contributed by atoms with van der Waals surface area (Å²) < 4.78 is 22.3. The zero-order chi connectivity index (χ0) is 47.5. The molecule has 3 aliphatic heterocycles. The first-order valence-electron chi connectivity index (χ1n) is 22.4. The van der Waals surface area contributed by atoms with Gasteiger partial charge in [-0.3, -0.25) is 9.80 Å². The molecule has 18 heteroatoms. The average Bonchev–Trinajstić information content (AvgIpc) is 4.19. The van der Waals surface area contributed by atoms with E-state index in [1.807, 2.05) is 36.4 Å². The molecule has 5 heterocycles. The third-order valence-corrected chi connectivity index (χ3v) is 15.7. The highest BCUT2D eigenvalue weighted by molar-refractivity contribution is 8.77. The predicted octanol–water partition coefficient (Wildman–Crippen LogP) is 9.83. The standard InChI is InChI=1S/C17H22N2O3S2.C16H21N3O3S2.C7H10O.C7H12.CO2/c1-13-5-6-14(12-13)16-19(8-9-21-16)17(20)22-10-11-23-24-15-4-2-3-7-18-15;1-12-10-13(18-11-12)15-19(6-7-21-15)16(20)22-8-9-23-24-14-4-2-3-5-17-14;1-6-2-3-7(4-6)5-8;1-6-3-4-7(2)5-6;2-1-3/h2-4,7,14,16H,1,5-6,8-12H2;2-5,13,15,18H,1,6-11H2;5,7H,1-4H2;7H,1,3-5H2,2H3;/t14-,16?;13-,15?;7-;;/m000../s1. The summed E-state index contributed by atoms with van der Waals surface area (Å²) in [6.45, 7) is 21.9. The molecule has 2 aromatic heterocycles. The van der Waals surface area contributed by atoms with Gasteiger partial charge in [-0.05, 0) is 116 Å². The van der Waals surface area contributed by atoms with Crippen LogP contribution >= 0.6 is 43.2 Å². The van der Waals surface area contributed by atoms with Gasteiger partial charge in [0.15, 0.2) is 6.23 Å². The molecule has 14 nitrogen and oxygen atoms in total. The molecule has 6 fully saturated rings. The number of pyridine rings is 2. The Morgan fingerprint density at radius 3 is 1.70 bits per heavy atom. The molecule has 3 unspecified atom stereocenters. The van der Waals surface area contributed by atoms with Crippen molar-refractivity contribution in [3.8, 4) is 0 Å². The van der Waals surface area contributed by atoms with E-state index in [-0.39, 0.29) is 36.8 Å². The number of ether oxygens (including phenoxy) is 4. The number of nitrogens with one attached hydrogen (secondary N) is 1. The summed E-state index contributed by atoms with van der Waals surface area (Å²) in [5.74, 6) is 3.02. The Kier molecular flexibility index (Phi) is 25.9.